The van der Waals surface area contributed by atoms with Crippen LogP contribution in [0.4, 0.5) is 5.82 Å². The van der Waals surface area contributed by atoms with Gasteiger partial charge >= 0.3 is 0 Å². The van der Waals surface area contributed by atoms with E-state index in [-0.39, 0.29) is 0 Å². The first kappa shape index (κ1) is 18.8. The lowest BCUT2D eigenvalue weighted by atomic mass is 9.97. The number of thioether (sulfide) groups is 1. The molecule has 9 heteroatoms. The fourth-order valence-electron chi connectivity index (χ4n) is 3.74. The van der Waals surface area contributed by atoms with Crippen molar-refractivity contribution in [2.75, 3.05) is 5.73 Å². The number of nitrogens with zero attached hydrogens (tertiary/aromatic N) is 5. The molecule has 0 radical (unpaired) electrons. The quantitative estimate of drug-likeness (QED) is 0.453. The fourth-order valence-corrected chi connectivity index (χ4v) is 6.02. The molecule has 1 aliphatic carbocycles. The van der Waals surface area contributed by atoms with Crippen molar-refractivity contribution in [3.8, 4) is 11.4 Å². The number of fused-ring (bicyclic) bond motifs is 3. The molecule has 0 aliphatic heterocycles. The Bertz CT molecular complexity index is 1220. The summed E-state index contributed by atoms with van der Waals surface area (Å²) in [7, 11) is 1.94. The zero-order chi connectivity index (χ0) is 20.0. The van der Waals surface area contributed by atoms with E-state index in [2.05, 4.69) is 15.2 Å². The minimum atomic E-state index is 0.581. The van der Waals surface area contributed by atoms with Gasteiger partial charge in [-0.2, -0.15) is 0 Å². The molecule has 0 bridgehead atoms. The van der Waals surface area contributed by atoms with Crippen LogP contribution in [-0.2, 0) is 25.6 Å². The second-order valence-corrected chi connectivity index (χ2v) is 9.48. The Morgan fingerprint density at radius 3 is 2.86 bits per heavy atom. The molecule has 0 unspecified atom stereocenters. The molecule has 5 rings (SSSR count). The Morgan fingerprint density at radius 2 is 2.00 bits per heavy atom. The summed E-state index contributed by atoms with van der Waals surface area (Å²) in [4.78, 5) is 11.8. The second-order valence-electron chi connectivity index (χ2n) is 7.05. The van der Waals surface area contributed by atoms with Crippen LogP contribution in [0.1, 0.15) is 29.1 Å². The summed E-state index contributed by atoms with van der Waals surface area (Å²) in [5.74, 6) is 2.64. The molecule has 0 fully saturated rings. The number of nitrogens with two attached hydrogens (primary N) is 1. The van der Waals surface area contributed by atoms with Crippen LogP contribution < -0.4 is 5.73 Å². The first-order valence-corrected chi connectivity index (χ1v) is 11.6. The maximum absolute atomic E-state index is 6.32. The van der Waals surface area contributed by atoms with Crippen LogP contribution in [0.3, 0.4) is 0 Å². The molecule has 0 spiro atoms. The van der Waals surface area contributed by atoms with Crippen LogP contribution in [0, 0.1) is 0 Å². The van der Waals surface area contributed by atoms with E-state index in [4.69, 9.17) is 22.3 Å². The van der Waals surface area contributed by atoms with Crippen LogP contribution in [0.25, 0.3) is 21.6 Å². The smallest absolute Gasteiger partial charge is 0.191 e. The molecule has 1 aromatic carbocycles. The van der Waals surface area contributed by atoms with E-state index < -0.39 is 0 Å². The zero-order valence-corrected chi connectivity index (χ0v) is 18.2. The monoisotopic (exact) mass is 442 g/mol. The Morgan fingerprint density at radius 1 is 1.17 bits per heavy atom. The lowest BCUT2D eigenvalue weighted by Crippen LogP contribution is -2.03. The van der Waals surface area contributed by atoms with Gasteiger partial charge in [0.1, 0.15) is 16.5 Å². The van der Waals surface area contributed by atoms with Crippen molar-refractivity contribution in [2.45, 2.75) is 36.6 Å². The van der Waals surface area contributed by atoms with Gasteiger partial charge in [-0.1, -0.05) is 35.5 Å². The summed E-state index contributed by atoms with van der Waals surface area (Å²) < 4.78 is 1.94. The number of aryl methyl sites for hydroxylation is 2. The van der Waals surface area contributed by atoms with Gasteiger partial charge in [0.2, 0.25) is 0 Å². The van der Waals surface area contributed by atoms with Gasteiger partial charge in [-0.15, -0.1) is 21.5 Å². The van der Waals surface area contributed by atoms with Crippen molar-refractivity contribution in [1.29, 1.82) is 0 Å². The van der Waals surface area contributed by atoms with Gasteiger partial charge in [-0.25, -0.2) is 9.97 Å². The van der Waals surface area contributed by atoms with Crippen LogP contribution in [-0.4, -0.2) is 24.7 Å². The highest BCUT2D eigenvalue weighted by Crippen LogP contribution is 2.38. The zero-order valence-electron chi connectivity index (χ0n) is 15.9. The highest BCUT2D eigenvalue weighted by atomic mass is 35.5. The third-order valence-electron chi connectivity index (χ3n) is 5.17. The predicted molar refractivity (Wildman–Crippen MR) is 119 cm³/mol. The highest BCUT2D eigenvalue weighted by molar-refractivity contribution is 7.98. The van der Waals surface area contributed by atoms with Crippen molar-refractivity contribution >= 4 is 50.7 Å². The van der Waals surface area contributed by atoms with Gasteiger partial charge in [0.15, 0.2) is 11.0 Å². The summed E-state index contributed by atoms with van der Waals surface area (Å²) in [5.41, 5.74) is 8.55. The van der Waals surface area contributed by atoms with Crippen molar-refractivity contribution in [2.24, 2.45) is 7.05 Å². The van der Waals surface area contributed by atoms with Crippen molar-refractivity contribution in [3.63, 3.8) is 0 Å². The number of halogens is 1. The Kier molecular flexibility index (Phi) is 4.93. The molecule has 148 valence electrons. The summed E-state index contributed by atoms with van der Waals surface area (Å²) >= 11 is 9.62. The molecule has 1 aliphatic rings. The first-order chi connectivity index (χ1) is 14.1. The number of aromatic nitrogens is 5. The second kappa shape index (κ2) is 7.59. The van der Waals surface area contributed by atoms with Gasteiger partial charge in [0.25, 0.3) is 0 Å². The van der Waals surface area contributed by atoms with Gasteiger partial charge in [-0.05, 0) is 43.4 Å². The summed E-state index contributed by atoms with van der Waals surface area (Å²) in [5, 5.41) is 11.1. The first-order valence-electron chi connectivity index (χ1n) is 9.45. The molecule has 4 aromatic rings. The number of nitrogen functional groups attached to an aromatic ring is 1. The lowest BCUT2D eigenvalue weighted by molar-refractivity contribution is 0.700. The Hall–Kier alpha value is -2.16. The van der Waals surface area contributed by atoms with E-state index in [1.165, 1.54) is 23.3 Å². The van der Waals surface area contributed by atoms with Crippen molar-refractivity contribution in [1.82, 2.24) is 24.7 Å². The van der Waals surface area contributed by atoms with Gasteiger partial charge in [0.05, 0.1) is 16.2 Å². The van der Waals surface area contributed by atoms with E-state index in [1.807, 2.05) is 35.9 Å². The summed E-state index contributed by atoms with van der Waals surface area (Å²) in [6.07, 6.45) is 4.68. The molecule has 2 N–H and O–H groups in total. The molecular formula is C20H19ClN6S2. The standard InChI is InChI=1S/C20H19ClN6S2/c1-27-18(11-6-2-4-8-13(11)21)25-26-20(27)28-10-15-23-17(22)16-12-7-3-5-9-14(12)29-19(16)24-15/h2,4,6,8H,3,5,7,9-10H2,1H3,(H2,22,23,24). The van der Waals surface area contributed by atoms with Crippen molar-refractivity contribution < 1.29 is 0 Å². The summed E-state index contributed by atoms with van der Waals surface area (Å²) in [6, 6.07) is 7.63. The van der Waals surface area contributed by atoms with Gasteiger partial charge in [0, 0.05) is 17.5 Å². The SMILES string of the molecule is Cn1c(SCc2nc(N)c3c4c(sc3n2)CCCC4)nnc1-c1ccccc1Cl. The highest BCUT2D eigenvalue weighted by Gasteiger charge is 2.20. The largest absolute Gasteiger partial charge is 0.383 e. The van der Waals surface area contributed by atoms with E-state index >= 15 is 0 Å². The molecule has 0 atom stereocenters. The molecule has 29 heavy (non-hydrogen) atoms. The maximum Gasteiger partial charge on any atom is 0.191 e. The molecule has 3 heterocycles. The van der Waals surface area contributed by atoms with Crippen LogP contribution in [0.2, 0.25) is 5.02 Å². The fraction of sp³-hybridized carbons (Fsp3) is 0.300. The normalized spacial score (nSPS) is 13.7. The molecule has 0 saturated heterocycles. The molecule has 6 nitrogen and oxygen atoms in total. The van der Waals surface area contributed by atoms with Crippen molar-refractivity contribution in [3.05, 3.63) is 45.6 Å². The van der Waals surface area contributed by atoms with E-state index in [9.17, 15) is 0 Å². The number of anilines is 1. The third kappa shape index (κ3) is 3.39. The van der Waals surface area contributed by atoms with E-state index in [0.717, 1.165) is 45.4 Å². The number of hydrogen-bond acceptors (Lipinski definition) is 7. The summed E-state index contributed by atoms with van der Waals surface area (Å²) in [6.45, 7) is 0. The van der Waals surface area contributed by atoms with Gasteiger partial charge in [-0.3, -0.25) is 0 Å². The van der Waals surface area contributed by atoms with Crippen LogP contribution in [0.15, 0.2) is 29.4 Å². The lowest BCUT2D eigenvalue weighted by Gasteiger charge is -2.10. The number of hydrogen-bond donors (Lipinski definition) is 1. The number of benzene rings is 1. The van der Waals surface area contributed by atoms with Gasteiger partial charge < -0.3 is 10.3 Å². The number of rotatable bonds is 4. The number of thiophene rings is 1. The molecule has 0 saturated carbocycles. The molecule has 0 amide bonds. The Labute approximate surface area is 181 Å². The maximum atomic E-state index is 6.32. The minimum absolute atomic E-state index is 0.581. The molecule has 3 aromatic heterocycles. The minimum Gasteiger partial charge on any atom is -0.383 e. The van der Waals surface area contributed by atoms with Crippen LogP contribution >= 0.6 is 34.7 Å². The predicted octanol–water partition coefficient (Wildman–Crippen LogP) is 4.89. The average molecular weight is 443 g/mol. The topological polar surface area (TPSA) is 82.5 Å². The third-order valence-corrected chi connectivity index (χ3v) is 7.70. The molecular weight excluding hydrogens is 424 g/mol. The van der Waals surface area contributed by atoms with Crippen LogP contribution in [0.5, 0.6) is 0 Å². The van der Waals surface area contributed by atoms with E-state index in [1.54, 1.807) is 23.1 Å². The van der Waals surface area contributed by atoms with E-state index in [0.29, 0.717) is 16.6 Å². The average Bonchev–Trinajstić information content (AvgIpc) is 3.27. The Balaban J connectivity index is 1.41.